The van der Waals surface area contributed by atoms with Crippen LogP contribution < -0.4 is 10.6 Å². The second-order valence-electron chi connectivity index (χ2n) is 4.94. The minimum Gasteiger partial charge on any atom is -0.385 e. The van der Waals surface area contributed by atoms with Crippen LogP contribution in [0, 0.1) is 0 Å². The fourth-order valence-electron chi connectivity index (χ4n) is 2.20. The summed E-state index contributed by atoms with van der Waals surface area (Å²) >= 11 is 0. The molecule has 7 heteroatoms. The Balaban J connectivity index is 1.74. The number of nitrogens with zero attached hydrogens (tertiary/aromatic N) is 4. The average Bonchev–Trinajstić information content (AvgIpc) is 2.60. The van der Waals surface area contributed by atoms with Crippen LogP contribution in [0.4, 0.5) is 17.5 Å². The third-order valence-electron chi connectivity index (χ3n) is 3.26. The maximum Gasteiger partial charge on any atom is 0.244 e. The number of para-hydroxylation sites is 1. The van der Waals surface area contributed by atoms with E-state index in [2.05, 4.69) is 30.8 Å². The summed E-state index contributed by atoms with van der Waals surface area (Å²) in [6.45, 7) is 1.43. The monoisotopic (exact) mass is 310 g/mol. The molecule has 0 radical (unpaired) electrons. The van der Waals surface area contributed by atoms with Crippen LogP contribution in [0.5, 0.6) is 0 Å². The largest absolute Gasteiger partial charge is 0.385 e. The SMILES string of the molecule is COCCCNc1nncc(Nc2cccc3cccnc23)n1. The van der Waals surface area contributed by atoms with Crippen molar-refractivity contribution in [3.8, 4) is 0 Å². The Labute approximate surface area is 134 Å². The normalized spacial score (nSPS) is 10.7. The highest BCUT2D eigenvalue weighted by atomic mass is 16.5. The summed E-state index contributed by atoms with van der Waals surface area (Å²) in [4.78, 5) is 8.82. The van der Waals surface area contributed by atoms with Crippen LogP contribution in [0.3, 0.4) is 0 Å². The molecule has 0 aliphatic rings. The van der Waals surface area contributed by atoms with E-state index in [4.69, 9.17) is 4.74 Å². The molecule has 0 saturated carbocycles. The van der Waals surface area contributed by atoms with Crippen LogP contribution in [-0.4, -0.2) is 40.4 Å². The number of nitrogens with one attached hydrogen (secondary N) is 2. The van der Waals surface area contributed by atoms with E-state index < -0.39 is 0 Å². The van der Waals surface area contributed by atoms with E-state index in [0.717, 1.165) is 29.6 Å². The highest BCUT2D eigenvalue weighted by Crippen LogP contribution is 2.23. The summed E-state index contributed by atoms with van der Waals surface area (Å²) in [6.07, 6.45) is 4.24. The molecule has 2 heterocycles. The third kappa shape index (κ3) is 3.89. The van der Waals surface area contributed by atoms with E-state index in [0.29, 0.717) is 18.4 Å². The van der Waals surface area contributed by atoms with E-state index in [-0.39, 0.29) is 0 Å². The van der Waals surface area contributed by atoms with Gasteiger partial charge in [0.1, 0.15) is 0 Å². The van der Waals surface area contributed by atoms with Crippen molar-refractivity contribution in [1.82, 2.24) is 20.2 Å². The standard InChI is InChI=1S/C16H18N6O/c1-23-10-4-9-18-16-21-14(11-19-22-16)20-13-7-2-5-12-6-3-8-17-15(12)13/h2-3,5-8,11H,4,9-10H2,1H3,(H2,18,20,21,22). The van der Waals surface area contributed by atoms with Crippen molar-refractivity contribution in [2.24, 2.45) is 0 Å². The van der Waals surface area contributed by atoms with Gasteiger partial charge in [-0.15, -0.1) is 5.10 Å². The summed E-state index contributed by atoms with van der Waals surface area (Å²) in [5.41, 5.74) is 1.78. The van der Waals surface area contributed by atoms with Gasteiger partial charge in [0.05, 0.1) is 17.4 Å². The van der Waals surface area contributed by atoms with Crippen LogP contribution in [0.1, 0.15) is 6.42 Å². The molecule has 0 amide bonds. The first-order valence-electron chi connectivity index (χ1n) is 7.40. The topological polar surface area (TPSA) is 84.9 Å². The lowest BCUT2D eigenvalue weighted by molar-refractivity contribution is 0.197. The molecule has 0 fully saturated rings. The summed E-state index contributed by atoms with van der Waals surface area (Å²) in [6, 6.07) is 9.90. The Morgan fingerprint density at radius 1 is 1.17 bits per heavy atom. The first kappa shape index (κ1) is 15.1. The van der Waals surface area contributed by atoms with Gasteiger partial charge in [0.15, 0.2) is 5.82 Å². The van der Waals surface area contributed by atoms with Crippen LogP contribution in [0.2, 0.25) is 0 Å². The molecule has 118 valence electrons. The van der Waals surface area contributed by atoms with E-state index in [1.54, 1.807) is 19.5 Å². The smallest absolute Gasteiger partial charge is 0.244 e. The van der Waals surface area contributed by atoms with Gasteiger partial charge in [0.25, 0.3) is 0 Å². The summed E-state index contributed by atoms with van der Waals surface area (Å²) in [7, 11) is 1.68. The van der Waals surface area contributed by atoms with Gasteiger partial charge in [0.2, 0.25) is 5.95 Å². The highest BCUT2D eigenvalue weighted by Gasteiger charge is 2.05. The predicted molar refractivity (Wildman–Crippen MR) is 89.8 cm³/mol. The molecule has 0 aliphatic carbocycles. The molecule has 23 heavy (non-hydrogen) atoms. The van der Waals surface area contributed by atoms with Crippen LogP contribution >= 0.6 is 0 Å². The summed E-state index contributed by atoms with van der Waals surface area (Å²) in [5.74, 6) is 1.10. The van der Waals surface area contributed by atoms with Crippen LogP contribution in [0.25, 0.3) is 10.9 Å². The number of benzene rings is 1. The van der Waals surface area contributed by atoms with Gasteiger partial charge in [-0.1, -0.05) is 18.2 Å². The quantitative estimate of drug-likeness (QED) is 0.649. The van der Waals surface area contributed by atoms with Gasteiger partial charge >= 0.3 is 0 Å². The van der Waals surface area contributed by atoms with Gasteiger partial charge in [-0.3, -0.25) is 4.98 Å². The minimum absolute atomic E-state index is 0.485. The Morgan fingerprint density at radius 2 is 2.09 bits per heavy atom. The number of hydrogen-bond donors (Lipinski definition) is 2. The molecule has 1 aromatic carbocycles. The van der Waals surface area contributed by atoms with Gasteiger partial charge in [-0.25, -0.2) is 0 Å². The molecule has 0 spiro atoms. The first-order valence-corrected chi connectivity index (χ1v) is 7.40. The van der Waals surface area contributed by atoms with E-state index in [9.17, 15) is 0 Å². The number of aromatic nitrogens is 4. The number of rotatable bonds is 7. The molecule has 2 N–H and O–H groups in total. The molecule has 7 nitrogen and oxygen atoms in total. The van der Waals surface area contributed by atoms with Gasteiger partial charge < -0.3 is 15.4 Å². The molecule has 0 atom stereocenters. The minimum atomic E-state index is 0.485. The maximum absolute atomic E-state index is 5.01. The van der Waals surface area contributed by atoms with E-state index in [1.165, 1.54) is 0 Å². The maximum atomic E-state index is 5.01. The van der Waals surface area contributed by atoms with Gasteiger partial charge in [-0.05, 0) is 18.6 Å². The lowest BCUT2D eigenvalue weighted by Gasteiger charge is -2.09. The number of hydrogen-bond acceptors (Lipinski definition) is 7. The van der Waals surface area contributed by atoms with E-state index >= 15 is 0 Å². The number of methoxy groups -OCH3 is 1. The predicted octanol–water partition coefficient (Wildman–Crippen LogP) is 2.61. The Kier molecular flexibility index (Phi) is 4.90. The molecule has 0 unspecified atom stereocenters. The fourth-order valence-corrected chi connectivity index (χ4v) is 2.20. The van der Waals surface area contributed by atoms with E-state index in [1.807, 2.05) is 30.3 Å². The van der Waals surface area contributed by atoms with Crippen molar-refractivity contribution in [2.45, 2.75) is 6.42 Å². The Bertz CT molecular complexity index is 774. The number of ether oxygens (including phenoxy) is 1. The summed E-state index contributed by atoms with van der Waals surface area (Å²) in [5, 5.41) is 15.4. The van der Waals surface area contributed by atoms with Crippen LogP contribution in [0.15, 0.2) is 42.7 Å². The molecule has 0 aliphatic heterocycles. The average molecular weight is 310 g/mol. The lowest BCUT2D eigenvalue weighted by Crippen LogP contribution is -2.09. The molecular formula is C16H18N6O. The van der Waals surface area contributed by atoms with Crippen molar-refractivity contribution in [3.05, 3.63) is 42.7 Å². The lowest BCUT2D eigenvalue weighted by atomic mass is 10.2. The first-order chi connectivity index (χ1) is 11.4. The number of pyridine rings is 1. The van der Waals surface area contributed by atoms with Crippen molar-refractivity contribution in [2.75, 3.05) is 30.9 Å². The van der Waals surface area contributed by atoms with Gasteiger partial charge in [-0.2, -0.15) is 10.1 Å². The molecule has 3 rings (SSSR count). The summed E-state index contributed by atoms with van der Waals surface area (Å²) < 4.78 is 5.01. The molecule has 2 aromatic heterocycles. The zero-order valence-electron chi connectivity index (χ0n) is 12.9. The van der Waals surface area contributed by atoms with Crippen molar-refractivity contribution < 1.29 is 4.74 Å². The zero-order valence-corrected chi connectivity index (χ0v) is 12.9. The zero-order chi connectivity index (χ0) is 15.9. The second-order valence-corrected chi connectivity index (χ2v) is 4.94. The molecule has 3 aromatic rings. The van der Waals surface area contributed by atoms with Crippen LogP contribution in [-0.2, 0) is 4.74 Å². The Morgan fingerprint density at radius 3 is 3.00 bits per heavy atom. The van der Waals surface area contributed by atoms with Gasteiger partial charge in [0, 0.05) is 31.8 Å². The third-order valence-corrected chi connectivity index (χ3v) is 3.26. The van der Waals surface area contributed by atoms with Crippen molar-refractivity contribution in [1.29, 1.82) is 0 Å². The number of anilines is 3. The van der Waals surface area contributed by atoms with Crippen molar-refractivity contribution in [3.63, 3.8) is 0 Å². The fraction of sp³-hybridized carbons (Fsp3) is 0.250. The highest BCUT2D eigenvalue weighted by molar-refractivity contribution is 5.91. The molecule has 0 bridgehead atoms. The number of fused-ring (bicyclic) bond motifs is 1. The van der Waals surface area contributed by atoms with Crippen molar-refractivity contribution >= 4 is 28.4 Å². The Hall–Kier alpha value is -2.80. The molecular weight excluding hydrogens is 292 g/mol. The second kappa shape index (κ2) is 7.46. The molecule has 0 saturated heterocycles.